The maximum absolute atomic E-state index is 11.2. The quantitative estimate of drug-likeness (QED) is 0.801. The van der Waals surface area contributed by atoms with Gasteiger partial charge in [-0.1, -0.05) is 6.07 Å². The van der Waals surface area contributed by atoms with Gasteiger partial charge in [0, 0.05) is 27.5 Å². The summed E-state index contributed by atoms with van der Waals surface area (Å²) in [5, 5.41) is 3.22. The maximum atomic E-state index is 11.2. The summed E-state index contributed by atoms with van der Waals surface area (Å²) in [7, 11) is 1.38. The summed E-state index contributed by atoms with van der Waals surface area (Å²) < 4.78 is 4.64. The van der Waals surface area contributed by atoms with Gasteiger partial charge in [-0.3, -0.25) is 9.59 Å². The molecule has 21 heavy (non-hydrogen) atoms. The van der Waals surface area contributed by atoms with Crippen molar-refractivity contribution in [3.05, 3.63) is 51.7 Å². The summed E-state index contributed by atoms with van der Waals surface area (Å²) in [6.07, 6.45) is 0.290. The monoisotopic (exact) mass is 304 g/mol. The Morgan fingerprint density at radius 2 is 2.00 bits per heavy atom. The third-order valence-corrected chi connectivity index (χ3v) is 3.96. The molecule has 0 saturated heterocycles. The molecule has 2 rings (SSSR count). The molecule has 1 aromatic heterocycles. The first-order valence-corrected chi connectivity index (χ1v) is 7.18. The molecule has 0 radical (unpaired) electrons. The number of nitrogens with one attached hydrogen (secondary N) is 1. The van der Waals surface area contributed by atoms with Crippen molar-refractivity contribution in [3.63, 3.8) is 0 Å². The maximum Gasteiger partial charge on any atom is 0.310 e. The number of rotatable bonds is 6. The summed E-state index contributed by atoms with van der Waals surface area (Å²) in [4.78, 5) is 24.4. The molecule has 0 bridgehead atoms. The molecule has 3 N–H and O–H groups in total. The van der Waals surface area contributed by atoms with Crippen LogP contribution in [0.5, 0.6) is 0 Å². The van der Waals surface area contributed by atoms with Crippen molar-refractivity contribution in [2.75, 3.05) is 12.4 Å². The summed E-state index contributed by atoms with van der Waals surface area (Å²) >= 11 is 1.55. The van der Waals surface area contributed by atoms with Crippen molar-refractivity contribution in [3.8, 4) is 0 Å². The zero-order chi connectivity index (χ0) is 15.2. The lowest BCUT2D eigenvalue weighted by Crippen LogP contribution is -2.11. The van der Waals surface area contributed by atoms with Gasteiger partial charge >= 0.3 is 5.97 Å². The first-order chi connectivity index (χ1) is 10.1. The van der Waals surface area contributed by atoms with Gasteiger partial charge in [-0.15, -0.1) is 11.3 Å². The highest BCUT2D eigenvalue weighted by molar-refractivity contribution is 7.12. The Hall–Kier alpha value is -2.34. The highest BCUT2D eigenvalue weighted by Gasteiger charge is 2.06. The van der Waals surface area contributed by atoms with E-state index in [0.29, 0.717) is 18.5 Å². The minimum Gasteiger partial charge on any atom is -0.469 e. The lowest BCUT2D eigenvalue weighted by molar-refractivity contribution is -0.139. The molecule has 0 atom stereocenters. The zero-order valence-corrected chi connectivity index (χ0v) is 12.4. The Labute approximate surface area is 126 Å². The van der Waals surface area contributed by atoms with Crippen LogP contribution in [0.3, 0.4) is 0 Å². The van der Waals surface area contributed by atoms with Crippen molar-refractivity contribution in [1.29, 1.82) is 0 Å². The third-order valence-electron chi connectivity index (χ3n) is 2.88. The van der Waals surface area contributed by atoms with Crippen molar-refractivity contribution in [2.24, 2.45) is 5.73 Å². The molecular weight excluding hydrogens is 288 g/mol. The number of ether oxygens (including phenoxy) is 1. The normalized spacial score (nSPS) is 10.1. The molecule has 2 aromatic rings. The molecule has 0 aliphatic heterocycles. The van der Waals surface area contributed by atoms with Crippen LogP contribution in [0.4, 0.5) is 5.69 Å². The summed E-state index contributed by atoms with van der Waals surface area (Å²) in [5.41, 5.74) is 6.54. The number of thiophene rings is 1. The standard InChI is InChI=1S/C15H16N2O3S/c1-20-14(18)8-12-5-6-13(21-12)9-17-11-4-2-3-10(7-11)15(16)19/h2-7,17H,8-9H2,1H3,(H2,16,19). The largest absolute Gasteiger partial charge is 0.469 e. The molecule has 0 fully saturated rings. The predicted octanol–water partition coefficient (Wildman–Crippen LogP) is 2.17. The van der Waals surface area contributed by atoms with Crippen LogP contribution in [0.1, 0.15) is 20.1 Å². The number of carbonyl (C=O) groups is 2. The average molecular weight is 304 g/mol. The highest BCUT2D eigenvalue weighted by Crippen LogP contribution is 2.19. The van der Waals surface area contributed by atoms with Gasteiger partial charge in [0.1, 0.15) is 0 Å². The lowest BCUT2D eigenvalue weighted by Gasteiger charge is -2.05. The molecule has 1 heterocycles. The SMILES string of the molecule is COC(=O)Cc1ccc(CNc2cccc(C(N)=O)c2)s1. The number of nitrogens with two attached hydrogens (primary N) is 1. The molecule has 0 unspecified atom stereocenters. The number of primary amides is 1. The van der Waals surface area contributed by atoms with Gasteiger partial charge in [0.05, 0.1) is 13.5 Å². The van der Waals surface area contributed by atoms with E-state index < -0.39 is 5.91 Å². The summed E-state index contributed by atoms with van der Waals surface area (Å²) in [6, 6.07) is 10.9. The van der Waals surface area contributed by atoms with E-state index in [0.717, 1.165) is 15.4 Å². The van der Waals surface area contributed by atoms with Crippen LogP contribution in [0, 0.1) is 0 Å². The zero-order valence-electron chi connectivity index (χ0n) is 11.6. The lowest BCUT2D eigenvalue weighted by atomic mass is 10.2. The van der Waals surface area contributed by atoms with E-state index in [1.165, 1.54) is 7.11 Å². The van der Waals surface area contributed by atoms with Crippen molar-refractivity contribution < 1.29 is 14.3 Å². The van der Waals surface area contributed by atoms with Crippen LogP contribution in [0.15, 0.2) is 36.4 Å². The Morgan fingerprint density at radius 3 is 2.71 bits per heavy atom. The number of hydrogen-bond donors (Lipinski definition) is 2. The van der Waals surface area contributed by atoms with E-state index in [9.17, 15) is 9.59 Å². The van der Waals surface area contributed by atoms with Gasteiger partial charge in [-0.25, -0.2) is 0 Å². The Balaban J connectivity index is 1.95. The molecule has 110 valence electrons. The topological polar surface area (TPSA) is 81.4 Å². The van der Waals surface area contributed by atoms with E-state index in [-0.39, 0.29) is 5.97 Å². The number of carbonyl (C=O) groups excluding carboxylic acids is 2. The Morgan fingerprint density at radius 1 is 1.24 bits per heavy atom. The molecule has 0 spiro atoms. The first-order valence-electron chi connectivity index (χ1n) is 6.36. The molecule has 0 aliphatic carbocycles. The molecular formula is C15H16N2O3S. The van der Waals surface area contributed by atoms with E-state index in [4.69, 9.17) is 5.73 Å². The van der Waals surface area contributed by atoms with E-state index in [1.54, 1.807) is 29.5 Å². The van der Waals surface area contributed by atoms with Crippen LogP contribution in [-0.2, 0) is 22.5 Å². The fourth-order valence-electron chi connectivity index (χ4n) is 1.80. The van der Waals surface area contributed by atoms with Gasteiger partial charge in [0.2, 0.25) is 5.91 Å². The van der Waals surface area contributed by atoms with Gasteiger partial charge in [-0.05, 0) is 30.3 Å². The number of amides is 1. The van der Waals surface area contributed by atoms with Crippen LogP contribution in [0.25, 0.3) is 0 Å². The number of anilines is 1. The van der Waals surface area contributed by atoms with Crippen molar-refractivity contribution in [1.82, 2.24) is 0 Å². The Bertz CT molecular complexity index is 652. The van der Waals surface area contributed by atoms with Gasteiger partial charge in [-0.2, -0.15) is 0 Å². The molecule has 0 aliphatic rings. The third kappa shape index (κ3) is 4.32. The van der Waals surface area contributed by atoms with E-state index in [1.807, 2.05) is 18.2 Å². The van der Waals surface area contributed by atoms with Crippen LogP contribution in [0.2, 0.25) is 0 Å². The predicted molar refractivity (Wildman–Crippen MR) is 82.3 cm³/mol. The molecule has 1 aromatic carbocycles. The highest BCUT2D eigenvalue weighted by atomic mass is 32.1. The van der Waals surface area contributed by atoms with Gasteiger partial charge in [0.15, 0.2) is 0 Å². The van der Waals surface area contributed by atoms with Crippen LogP contribution >= 0.6 is 11.3 Å². The van der Waals surface area contributed by atoms with Crippen molar-refractivity contribution in [2.45, 2.75) is 13.0 Å². The van der Waals surface area contributed by atoms with Crippen molar-refractivity contribution >= 4 is 28.9 Å². The fraction of sp³-hybridized carbons (Fsp3) is 0.200. The molecule has 6 heteroatoms. The number of methoxy groups -OCH3 is 1. The fourth-order valence-corrected chi connectivity index (χ4v) is 2.74. The summed E-state index contributed by atoms with van der Waals surface area (Å²) in [5.74, 6) is -0.694. The molecule has 5 nitrogen and oxygen atoms in total. The second-order valence-corrected chi connectivity index (χ2v) is 5.67. The molecule has 0 saturated carbocycles. The van der Waals surface area contributed by atoms with E-state index >= 15 is 0 Å². The first kappa shape index (κ1) is 15.1. The molecule has 1 amide bonds. The smallest absolute Gasteiger partial charge is 0.310 e. The summed E-state index contributed by atoms with van der Waals surface area (Å²) in [6.45, 7) is 0.619. The minimum atomic E-state index is -0.449. The minimum absolute atomic E-state index is 0.245. The van der Waals surface area contributed by atoms with Gasteiger partial charge < -0.3 is 15.8 Å². The number of hydrogen-bond acceptors (Lipinski definition) is 5. The average Bonchev–Trinajstić information content (AvgIpc) is 2.92. The Kier molecular flexibility index (Phi) is 4.94. The second-order valence-electron chi connectivity index (χ2n) is 4.42. The number of esters is 1. The number of benzene rings is 1. The van der Waals surface area contributed by atoms with Crippen LogP contribution in [-0.4, -0.2) is 19.0 Å². The second kappa shape index (κ2) is 6.90. The van der Waals surface area contributed by atoms with Crippen LogP contribution < -0.4 is 11.1 Å². The van der Waals surface area contributed by atoms with E-state index in [2.05, 4.69) is 10.1 Å². The van der Waals surface area contributed by atoms with Gasteiger partial charge in [0.25, 0.3) is 0 Å².